The number of sulfonamides is 1. The maximum Gasteiger partial charge on any atom is 0.416 e. The van der Waals surface area contributed by atoms with Gasteiger partial charge < -0.3 is 14.2 Å². The molecule has 0 aliphatic carbocycles. The lowest BCUT2D eigenvalue weighted by molar-refractivity contribution is -0.148. The molecule has 11 heteroatoms. The third-order valence-electron chi connectivity index (χ3n) is 5.26. The Morgan fingerprint density at radius 1 is 1.06 bits per heavy atom. The van der Waals surface area contributed by atoms with E-state index < -0.39 is 33.8 Å². The number of carbonyl (C=O) groups excluding carboxylic acids is 1. The Kier molecular flexibility index (Phi) is 6.04. The monoisotopic (exact) mass is 471 g/mol. The number of carbonyl (C=O) groups is 1. The topological polar surface area (TPSA) is 82.1 Å². The highest BCUT2D eigenvalue weighted by molar-refractivity contribution is 7.89. The lowest BCUT2D eigenvalue weighted by Crippen LogP contribution is -2.41. The van der Waals surface area contributed by atoms with Crippen molar-refractivity contribution in [1.82, 2.24) is 4.31 Å². The van der Waals surface area contributed by atoms with Crippen LogP contribution in [-0.4, -0.2) is 44.5 Å². The molecule has 0 bridgehead atoms. The van der Waals surface area contributed by atoms with E-state index in [9.17, 15) is 26.4 Å². The number of alkyl halides is 3. The van der Waals surface area contributed by atoms with E-state index in [4.69, 9.17) is 14.2 Å². The minimum atomic E-state index is -4.46. The van der Waals surface area contributed by atoms with Gasteiger partial charge in [0.1, 0.15) is 25.9 Å². The number of halogens is 3. The number of rotatable bonds is 5. The largest absolute Gasteiger partial charge is 0.486 e. The van der Waals surface area contributed by atoms with E-state index in [1.165, 1.54) is 30.3 Å². The average Bonchev–Trinajstić information content (AvgIpc) is 3.28. The van der Waals surface area contributed by atoms with Crippen LogP contribution in [-0.2, 0) is 32.3 Å². The van der Waals surface area contributed by atoms with Gasteiger partial charge in [-0.05, 0) is 42.7 Å². The Labute approximate surface area is 182 Å². The first-order valence-corrected chi connectivity index (χ1v) is 11.3. The molecule has 0 radical (unpaired) electrons. The number of hydrogen-bond donors (Lipinski definition) is 0. The number of nitrogens with zero attached hydrogens (tertiary/aromatic N) is 1. The van der Waals surface area contributed by atoms with Gasteiger partial charge in [-0.3, -0.25) is 4.79 Å². The van der Waals surface area contributed by atoms with Gasteiger partial charge >= 0.3 is 12.1 Å². The fourth-order valence-electron chi connectivity index (χ4n) is 3.62. The maximum atomic E-state index is 13.2. The molecule has 0 aromatic heterocycles. The molecule has 0 spiro atoms. The van der Waals surface area contributed by atoms with Crippen LogP contribution < -0.4 is 9.47 Å². The number of esters is 1. The van der Waals surface area contributed by atoms with Gasteiger partial charge in [0.2, 0.25) is 10.0 Å². The summed E-state index contributed by atoms with van der Waals surface area (Å²) in [5, 5.41) is 0. The summed E-state index contributed by atoms with van der Waals surface area (Å²) < 4.78 is 81.5. The van der Waals surface area contributed by atoms with Crippen molar-refractivity contribution >= 4 is 16.0 Å². The highest BCUT2D eigenvalue weighted by atomic mass is 32.2. The predicted octanol–water partition coefficient (Wildman–Crippen LogP) is 3.37. The fraction of sp³-hybridized carbons (Fsp3) is 0.381. The lowest BCUT2D eigenvalue weighted by atomic mass is 10.1. The van der Waals surface area contributed by atoms with E-state index in [1.807, 2.05) is 0 Å². The van der Waals surface area contributed by atoms with Gasteiger partial charge in [0.05, 0.1) is 10.5 Å². The van der Waals surface area contributed by atoms with E-state index in [0.29, 0.717) is 36.7 Å². The van der Waals surface area contributed by atoms with Gasteiger partial charge in [0, 0.05) is 12.6 Å². The van der Waals surface area contributed by atoms with Gasteiger partial charge in [-0.25, -0.2) is 8.42 Å². The van der Waals surface area contributed by atoms with Crippen LogP contribution in [0.2, 0.25) is 0 Å². The third kappa shape index (κ3) is 4.53. The summed E-state index contributed by atoms with van der Waals surface area (Å²) in [7, 11) is -4.00. The molecule has 172 valence electrons. The van der Waals surface area contributed by atoms with Crippen molar-refractivity contribution in [2.45, 2.75) is 36.6 Å². The van der Waals surface area contributed by atoms with Gasteiger partial charge in [-0.1, -0.05) is 12.1 Å². The van der Waals surface area contributed by atoms with Crippen molar-refractivity contribution in [3.05, 3.63) is 53.6 Å². The summed E-state index contributed by atoms with van der Waals surface area (Å²) in [6.07, 6.45) is -3.69. The Morgan fingerprint density at radius 3 is 2.44 bits per heavy atom. The molecule has 32 heavy (non-hydrogen) atoms. The minimum Gasteiger partial charge on any atom is -0.486 e. The van der Waals surface area contributed by atoms with Gasteiger partial charge in [-0.15, -0.1) is 0 Å². The summed E-state index contributed by atoms with van der Waals surface area (Å²) in [6.45, 7) is 0.569. The molecular weight excluding hydrogens is 451 g/mol. The number of ether oxygens (including phenoxy) is 3. The highest BCUT2D eigenvalue weighted by Gasteiger charge is 2.41. The number of fused-ring (bicyclic) bond motifs is 1. The van der Waals surface area contributed by atoms with Crippen molar-refractivity contribution in [2.24, 2.45) is 0 Å². The third-order valence-corrected chi connectivity index (χ3v) is 7.16. The minimum absolute atomic E-state index is 0.0239. The number of hydrogen-bond acceptors (Lipinski definition) is 6. The molecule has 2 aliphatic rings. The molecule has 1 saturated heterocycles. The zero-order valence-corrected chi connectivity index (χ0v) is 17.6. The molecule has 0 saturated carbocycles. The summed E-state index contributed by atoms with van der Waals surface area (Å²) in [5.74, 6) is 0.0191. The second-order valence-electron chi connectivity index (χ2n) is 7.38. The van der Waals surface area contributed by atoms with E-state index in [-0.39, 0.29) is 24.5 Å². The van der Waals surface area contributed by atoms with Crippen LogP contribution in [0.25, 0.3) is 0 Å². The lowest BCUT2D eigenvalue weighted by Gasteiger charge is -2.24. The summed E-state index contributed by atoms with van der Waals surface area (Å²) in [6, 6.07) is 7.49. The second kappa shape index (κ2) is 8.62. The van der Waals surface area contributed by atoms with E-state index in [0.717, 1.165) is 16.4 Å². The van der Waals surface area contributed by atoms with Crippen LogP contribution in [0.1, 0.15) is 24.0 Å². The van der Waals surface area contributed by atoms with Gasteiger partial charge in [0.25, 0.3) is 0 Å². The second-order valence-corrected chi connectivity index (χ2v) is 9.27. The molecule has 4 rings (SSSR count). The zero-order chi connectivity index (χ0) is 22.9. The molecule has 0 N–H and O–H groups in total. The van der Waals surface area contributed by atoms with Gasteiger partial charge in [0.15, 0.2) is 11.5 Å². The van der Waals surface area contributed by atoms with E-state index in [2.05, 4.69) is 0 Å². The molecule has 2 heterocycles. The van der Waals surface area contributed by atoms with Crippen LogP contribution in [0.4, 0.5) is 13.2 Å². The van der Waals surface area contributed by atoms with E-state index >= 15 is 0 Å². The molecule has 1 unspecified atom stereocenters. The SMILES string of the molecule is O=C(OCc1ccc(C(F)(F)F)cc1)C1CCCN1S(=O)(=O)c1ccc2c(c1)OCCO2. The standard InChI is InChI=1S/C21H20F3NO6S/c22-21(23,24)15-5-3-14(4-6-15)13-31-20(26)17-2-1-9-25(17)32(27,28)16-7-8-18-19(12-16)30-11-10-29-18/h3-8,12,17H,1-2,9-11,13H2. The fourth-order valence-corrected chi connectivity index (χ4v) is 5.29. The number of benzene rings is 2. The summed E-state index contributed by atoms with van der Waals surface area (Å²) >= 11 is 0. The molecular formula is C21H20F3NO6S. The molecule has 2 aromatic carbocycles. The molecule has 2 aliphatic heterocycles. The molecule has 7 nitrogen and oxygen atoms in total. The van der Waals surface area contributed by atoms with Crippen LogP contribution in [0.5, 0.6) is 11.5 Å². The van der Waals surface area contributed by atoms with E-state index in [1.54, 1.807) is 0 Å². The van der Waals surface area contributed by atoms with Crippen LogP contribution in [0.3, 0.4) is 0 Å². The molecule has 0 amide bonds. The predicted molar refractivity (Wildman–Crippen MR) is 106 cm³/mol. The normalized spacial score (nSPS) is 19.0. The van der Waals surface area contributed by atoms with Crippen molar-refractivity contribution in [3.8, 4) is 11.5 Å². The molecule has 2 aromatic rings. The van der Waals surface area contributed by atoms with Crippen LogP contribution >= 0.6 is 0 Å². The Hall–Kier alpha value is -2.79. The molecule has 1 fully saturated rings. The van der Waals surface area contributed by atoms with Crippen molar-refractivity contribution in [2.75, 3.05) is 19.8 Å². The van der Waals surface area contributed by atoms with Gasteiger partial charge in [-0.2, -0.15) is 17.5 Å². The average molecular weight is 471 g/mol. The maximum absolute atomic E-state index is 13.2. The Balaban J connectivity index is 1.45. The quantitative estimate of drug-likeness (QED) is 0.622. The highest BCUT2D eigenvalue weighted by Crippen LogP contribution is 2.35. The van der Waals surface area contributed by atoms with Crippen molar-refractivity contribution in [3.63, 3.8) is 0 Å². The van der Waals surface area contributed by atoms with Crippen LogP contribution in [0.15, 0.2) is 47.4 Å². The Bertz CT molecular complexity index is 1100. The Morgan fingerprint density at radius 2 is 1.75 bits per heavy atom. The van der Waals surface area contributed by atoms with Crippen molar-refractivity contribution in [1.29, 1.82) is 0 Å². The summed E-state index contributed by atoms with van der Waals surface area (Å²) in [4.78, 5) is 12.6. The summed E-state index contributed by atoms with van der Waals surface area (Å²) in [5.41, 5.74) is -0.439. The first-order chi connectivity index (χ1) is 15.2. The van der Waals surface area contributed by atoms with Crippen LogP contribution in [0, 0.1) is 0 Å². The zero-order valence-electron chi connectivity index (χ0n) is 16.8. The first kappa shape index (κ1) is 22.4. The smallest absolute Gasteiger partial charge is 0.416 e. The van der Waals surface area contributed by atoms with Crippen molar-refractivity contribution < 1.29 is 40.6 Å². The molecule has 1 atom stereocenters. The first-order valence-electron chi connectivity index (χ1n) is 9.90.